The molecule has 1 saturated carbocycles. The third kappa shape index (κ3) is 3.01. The molecule has 2 fully saturated rings. The summed E-state index contributed by atoms with van der Waals surface area (Å²) >= 11 is 0. The molecular weight excluding hydrogens is 256 g/mol. The summed E-state index contributed by atoms with van der Waals surface area (Å²) in [6, 6.07) is -0.588. The molecule has 1 aliphatic heterocycles. The second-order valence-corrected chi connectivity index (χ2v) is 5.47. The van der Waals surface area contributed by atoms with Crippen molar-refractivity contribution in [1.82, 2.24) is 10.2 Å². The molecule has 1 N–H and O–H groups in total. The van der Waals surface area contributed by atoms with Crippen LogP contribution in [-0.4, -0.2) is 29.3 Å². The third-order valence-corrected chi connectivity index (χ3v) is 4.11. The Balaban J connectivity index is 2.00. The summed E-state index contributed by atoms with van der Waals surface area (Å²) in [5.41, 5.74) is 0. The van der Waals surface area contributed by atoms with Crippen molar-refractivity contribution in [3.05, 3.63) is 0 Å². The van der Waals surface area contributed by atoms with E-state index in [2.05, 4.69) is 11.2 Å². The SMILES string of the molecule is C#CCCCCN1C(=O)NC(=O)C(C2CCCC2)C1=O. The fourth-order valence-corrected chi connectivity index (χ4v) is 3.05. The number of carbonyl (C=O) groups is 3. The number of imide groups is 2. The first-order valence-corrected chi connectivity index (χ1v) is 7.25. The van der Waals surface area contributed by atoms with Crippen LogP contribution in [0.3, 0.4) is 0 Å². The molecule has 0 aromatic heterocycles. The lowest BCUT2D eigenvalue weighted by Crippen LogP contribution is -2.59. The number of rotatable bonds is 5. The Morgan fingerprint density at radius 3 is 2.55 bits per heavy atom. The van der Waals surface area contributed by atoms with Gasteiger partial charge in [-0.2, -0.15) is 0 Å². The number of terminal acetylenes is 1. The number of barbiturate groups is 1. The maximum Gasteiger partial charge on any atom is 0.330 e. The van der Waals surface area contributed by atoms with Gasteiger partial charge in [-0.05, 0) is 31.6 Å². The van der Waals surface area contributed by atoms with Gasteiger partial charge in [0.25, 0.3) is 0 Å². The Kier molecular flexibility index (Phi) is 4.78. The fraction of sp³-hybridized carbons (Fsp3) is 0.667. The van der Waals surface area contributed by atoms with Gasteiger partial charge >= 0.3 is 6.03 Å². The summed E-state index contributed by atoms with van der Waals surface area (Å²) in [5, 5.41) is 2.31. The molecule has 1 heterocycles. The largest absolute Gasteiger partial charge is 0.330 e. The molecule has 5 nitrogen and oxygen atoms in total. The van der Waals surface area contributed by atoms with E-state index >= 15 is 0 Å². The van der Waals surface area contributed by atoms with Gasteiger partial charge in [-0.25, -0.2) is 4.79 Å². The quantitative estimate of drug-likeness (QED) is 0.472. The van der Waals surface area contributed by atoms with Crippen LogP contribution in [0.5, 0.6) is 0 Å². The molecule has 1 saturated heterocycles. The van der Waals surface area contributed by atoms with E-state index < -0.39 is 17.9 Å². The maximum atomic E-state index is 12.4. The van der Waals surface area contributed by atoms with Crippen molar-refractivity contribution in [3.8, 4) is 12.3 Å². The molecule has 1 unspecified atom stereocenters. The number of urea groups is 1. The second-order valence-electron chi connectivity index (χ2n) is 5.47. The summed E-state index contributed by atoms with van der Waals surface area (Å²) in [5.74, 6) is 1.19. The smallest absolute Gasteiger partial charge is 0.277 e. The number of amides is 4. The lowest BCUT2D eigenvalue weighted by Gasteiger charge is -2.32. The maximum absolute atomic E-state index is 12.4. The second kappa shape index (κ2) is 6.56. The van der Waals surface area contributed by atoms with Crippen LogP contribution in [0.15, 0.2) is 0 Å². The monoisotopic (exact) mass is 276 g/mol. The first kappa shape index (κ1) is 14.6. The third-order valence-electron chi connectivity index (χ3n) is 4.11. The highest BCUT2D eigenvalue weighted by Gasteiger charge is 2.44. The standard InChI is InChI=1S/C15H20N2O3/c1-2-3-4-7-10-17-14(19)12(11-8-5-6-9-11)13(18)16-15(17)20/h1,11-12H,3-10H2,(H,16,18,20). The topological polar surface area (TPSA) is 66.5 Å². The Hall–Kier alpha value is -1.83. The lowest BCUT2D eigenvalue weighted by molar-refractivity contribution is -0.145. The Labute approximate surface area is 119 Å². The van der Waals surface area contributed by atoms with Crippen LogP contribution in [0.25, 0.3) is 0 Å². The van der Waals surface area contributed by atoms with Gasteiger partial charge in [0, 0.05) is 13.0 Å². The van der Waals surface area contributed by atoms with Crippen molar-refractivity contribution in [2.24, 2.45) is 11.8 Å². The summed E-state index contributed by atoms with van der Waals surface area (Å²) in [6.07, 6.45) is 11.1. The molecular formula is C15H20N2O3. The zero-order chi connectivity index (χ0) is 14.5. The number of nitrogens with one attached hydrogen (secondary N) is 1. The Bertz CT molecular complexity index is 447. The zero-order valence-electron chi connectivity index (χ0n) is 11.6. The fourth-order valence-electron chi connectivity index (χ4n) is 3.05. The van der Waals surface area contributed by atoms with Gasteiger partial charge in [0.2, 0.25) is 11.8 Å². The molecule has 1 aliphatic carbocycles. The minimum atomic E-state index is -0.678. The van der Waals surface area contributed by atoms with E-state index in [1.807, 2.05) is 0 Å². The first-order chi connectivity index (χ1) is 9.65. The van der Waals surface area contributed by atoms with E-state index in [4.69, 9.17) is 6.42 Å². The van der Waals surface area contributed by atoms with Crippen molar-refractivity contribution in [2.75, 3.05) is 6.54 Å². The van der Waals surface area contributed by atoms with Gasteiger partial charge in [0.15, 0.2) is 0 Å². The molecule has 108 valence electrons. The molecule has 4 amide bonds. The van der Waals surface area contributed by atoms with E-state index in [0.29, 0.717) is 19.4 Å². The van der Waals surface area contributed by atoms with Crippen LogP contribution >= 0.6 is 0 Å². The van der Waals surface area contributed by atoms with Crippen molar-refractivity contribution in [3.63, 3.8) is 0 Å². The van der Waals surface area contributed by atoms with Crippen molar-refractivity contribution >= 4 is 17.8 Å². The van der Waals surface area contributed by atoms with E-state index in [1.165, 1.54) is 4.90 Å². The lowest BCUT2D eigenvalue weighted by atomic mass is 9.87. The van der Waals surface area contributed by atoms with Crippen LogP contribution in [-0.2, 0) is 9.59 Å². The minimum Gasteiger partial charge on any atom is -0.277 e. The van der Waals surface area contributed by atoms with E-state index in [0.717, 1.165) is 32.1 Å². The molecule has 0 aromatic rings. The predicted octanol–water partition coefficient (Wildman–Crippen LogP) is 1.67. The van der Waals surface area contributed by atoms with Crippen molar-refractivity contribution in [2.45, 2.75) is 44.9 Å². The van der Waals surface area contributed by atoms with E-state index in [1.54, 1.807) is 0 Å². The van der Waals surface area contributed by atoms with Gasteiger partial charge in [-0.15, -0.1) is 12.3 Å². The molecule has 0 bridgehead atoms. The van der Waals surface area contributed by atoms with Gasteiger partial charge in [-0.1, -0.05) is 12.8 Å². The highest BCUT2D eigenvalue weighted by molar-refractivity contribution is 6.16. The van der Waals surface area contributed by atoms with Crippen molar-refractivity contribution in [1.29, 1.82) is 0 Å². The average Bonchev–Trinajstić information content (AvgIpc) is 2.91. The van der Waals surface area contributed by atoms with Crippen LogP contribution in [0.2, 0.25) is 0 Å². The molecule has 20 heavy (non-hydrogen) atoms. The summed E-state index contributed by atoms with van der Waals surface area (Å²) in [4.78, 5) is 37.3. The van der Waals surface area contributed by atoms with Gasteiger partial charge in [0.1, 0.15) is 5.92 Å². The van der Waals surface area contributed by atoms with Gasteiger partial charge in [0.05, 0.1) is 0 Å². The summed E-state index contributed by atoms with van der Waals surface area (Å²) < 4.78 is 0. The number of carbonyl (C=O) groups excluding carboxylic acids is 3. The molecule has 0 spiro atoms. The minimum absolute atomic E-state index is 0.0869. The summed E-state index contributed by atoms with van der Waals surface area (Å²) in [6.45, 7) is 0.336. The Morgan fingerprint density at radius 1 is 1.20 bits per heavy atom. The average molecular weight is 276 g/mol. The number of nitrogens with zero attached hydrogens (tertiary/aromatic N) is 1. The molecule has 5 heteroatoms. The van der Waals surface area contributed by atoms with Crippen LogP contribution in [0, 0.1) is 24.2 Å². The molecule has 2 rings (SSSR count). The normalized spacial score (nSPS) is 23.9. The Morgan fingerprint density at radius 2 is 1.90 bits per heavy atom. The van der Waals surface area contributed by atoms with Gasteiger partial charge in [-0.3, -0.25) is 19.8 Å². The summed E-state index contributed by atoms with van der Waals surface area (Å²) in [7, 11) is 0. The van der Waals surface area contributed by atoms with Gasteiger partial charge < -0.3 is 0 Å². The highest BCUT2D eigenvalue weighted by Crippen LogP contribution is 2.33. The van der Waals surface area contributed by atoms with Crippen LogP contribution in [0.4, 0.5) is 4.79 Å². The van der Waals surface area contributed by atoms with E-state index in [-0.39, 0.29) is 11.8 Å². The van der Waals surface area contributed by atoms with Crippen LogP contribution < -0.4 is 5.32 Å². The zero-order valence-corrected chi connectivity index (χ0v) is 11.6. The number of unbranched alkanes of at least 4 members (excludes halogenated alkanes) is 2. The molecule has 0 radical (unpaired) electrons. The van der Waals surface area contributed by atoms with Crippen LogP contribution in [0.1, 0.15) is 44.9 Å². The first-order valence-electron chi connectivity index (χ1n) is 7.25. The van der Waals surface area contributed by atoms with Crippen molar-refractivity contribution < 1.29 is 14.4 Å². The molecule has 0 aromatic carbocycles. The van der Waals surface area contributed by atoms with E-state index in [9.17, 15) is 14.4 Å². The molecule has 2 aliphatic rings. The molecule has 1 atom stereocenters. The number of hydrogen-bond acceptors (Lipinski definition) is 3. The predicted molar refractivity (Wildman–Crippen MR) is 73.4 cm³/mol. The number of hydrogen-bond donors (Lipinski definition) is 1. The highest BCUT2D eigenvalue weighted by atomic mass is 16.2.